The number of fused-ring (bicyclic) bond motifs is 2. The van der Waals surface area contributed by atoms with E-state index in [2.05, 4.69) is 24.3 Å². The predicted molar refractivity (Wildman–Crippen MR) is 98.7 cm³/mol. The Balaban J connectivity index is 1.65. The number of hydrogen-bond acceptors (Lipinski definition) is 2. The molecule has 138 valence electrons. The van der Waals surface area contributed by atoms with Crippen LogP contribution in [-0.2, 0) is 0 Å². The standard InChI is InChI=1S/C22H34NO2/c1-15-16-4-8-21(19(15)25)9-5-17-20(2)6-3-7-22(17,18(21)12-16)14-23(13-20)10-11-24/h14,16-19,24-25H,1,3-13H2,2H3/q+1/t16-,17+,18+,19+,20+,21-,22+/m1/s1. The lowest BCUT2D eigenvalue weighted by Crippen LogP contribution is -2.68. The van der Waals surface area contributed by atoms with E-state index in [4.69, 9.17) is 0 Å². The average Bonchev–Trinajstić information content (AvgIpc) is 2.58. The number of rotatable bonds is 2. The first-order chi connectivity index (χ1) is 12.0. The van der Waals surface area contributed by atoms with Gasteiger partial charge in [0.05, 0.1) is 11.5 Å². The van der Waals surface area contributed by atoms with E-state index >= 15 is 0 Å². The molecule has 5 saturated carbocycles. The van der Waals surface area contributed by atoms with Crippen LogP contribution in [-0.4, -0.2) is 46.8 Å². The minimum Gasteiger partial charge on any atom is -0.390 e. The molecule has 1 heterocycles. The molecule has 25 heavy (non-hydrogen) atoms. The van der Waals surface area contributed by atoms with Crippen molar-refractivity contribution in [2.75, 3.05) is 19.7 Å². The molecule has 2 N–H and O–H groups in total. The normalized spacial score (nSPS) is 53.9. The van der Waals surface area contributed by atoms with Gasteiger partial charge < -0.3 is 10.2 Å². The maximum absolute atomic E-state index is 11.2. The van der Waals surface area contributed by atoms with Gasteiger partial charge in [0.2, 0.25) is 0 Å². The Kier molecular flexibility index (Phi) is 3.43. The zero-order valence-electron chi connectivity index (χ0n) is 15.7. The molecular weight excluding hydrogens is 310 g/mol. The Morgan fingerprint density at radius 1 is 1.20 bits per heavy atom. The van der Waals surface area contributed by atoms with Gasteiger partial charge in [0.15, 0.2) is 6.54 Å². The van der Waals surface area contributed by atoms with E-state index in [1.807, 2.05) is 0 Å². The first-order valence-corrected chi connectivity index (χ1v) is 10.5. The van der Waals surface area contributed by atoms with Gasteiger partial charge in [0.25, 0.3) is 0 Å². The van der Waals surface area contributed by atoms with Crippen molar-refractivity contribution in [1.29, 1.82) is 0 Å². The Morgan fingerprint density at radius 2 is 2.00 bits per heavy atom. The van der Waals surface area contributed by atoms with Crippen molar-refractivity contribution < 1.29 is 14.8 Å². The van der Waals surface area contributed by atoms with E-state index in [0.717, 1.165) is 24.6 Å². The molecule has 0 aromatic rings. The molecule has 3 heteroatoms. The van der Waals surface area contributed by atoms with E-state index in [-0.39, 0.29) is 23.5 Å². The summed E-state index contributed by atoms with van der Waals surface area (Å²) in [4.78, 5) is 0. The zero-order valence-corrected chi connectivity index (χ0v) is 15.7. The number of nitrogens with zero attached hydrogens (tertiary/aromatic N) is 1. The lowest BCUT2D eigenvalue weighted by molar-refractivity contribution is -0.560. The summed E-state index contributed by atoms with van der Waals surface area (Å²) < 4.78 is 2.44. The fourth-order valence-electron chi connectivity index (χ4n) is 8.50. The fourth-order valence-corrected chi connectivity index (χ4v) is 8.50. The van der Waals surface area contributed by atoms with Gasteiger partial charge in [0, 0.05) is 10.8 Å². The molecule has 4 bridgehead atoms. The summed E-state index contributed by atoms with van der Waals surface area (Å²) in [6.45, 7) is 8.93. The van der Waals surface area contributed by atoms with Crippen LogP contribution in [0.5, 0.6) is 0 Å². The van der Waals surface area contributed by atoms with Gasteiger partial charge in [-0.1, -0.05) is 19.9 Å². The molecule has 7 atom stereocenters. The summed E-state index contributed by atoms with van der Waals surface area (Å²) >= 11 is 0. The first-order valence-electron chi connectivity index (χ1n) is 10.5. The molecule has 0 amide bonds. The molecule has 5 fully saturated rings. The van der Waals surface area contributed by atoms with E-state index in [9.17, 15) is 10.2 Å². The van der Waals surface area contributed by atoms with E-state index < -0.39 is 0 Å². The van der Waals surface area contributed by atoms with Gasteiger partial charge in [-0.2, -0.15) is 0 Å². The molecule has 6 aliphatic rings. The minimum absolute atomic E-state index is 0.0826. The summed E-state index contributed by atoms with van der Waals surface area (Å²) in [5.41, 5.74) is 1.85. The highest BCUT2D eigenvalue weighted by atomic mass is 16.3. The van der Waals surface area contributed by atoms with Crippen molar-refractivity contribution in [2.45, 2.75) is 64.4 Å². The Bertz CT molecular complexity index is 642. The van der Waals surface area contributed by atoms with Crippen LogP contribution in [0.25, 0.3) is 0 Å². The highest BCUT2D eigenvalue weighted by Crippen LogP contribution is 2.72. The second-order valence-corrected chi connectivity index (χ2v) is 10.3. The molecule has 0 saturated heterocycles. The molecule has 0 aromatic heterocycles. The Hall–Kier alpha value is -0.670. The van der Waals surface area contributed by atoms with E-state index in [1.54, 1.807) is 0 Å². The smallest absolute Gasteiger partial charge is 0.165 e. The average molecular weight is 345 g/mol. The summed E-state index contributed by atoms with van der Waals surface area (Å²) in [5.74, 6) is 1.91. The molecule has 1 aliphatic heterocycles. The number of aliphatic hydroxyl groups excluding tert-OH is 2. The SMILES string of the molecule is C=C1[C@@H]2CC[C@]3(CC[C@H]4[C@@]5(C)CCC[C@@]4(C=[N+](CCO)C5)[C@H]3C2)[C@H]1O. The van der Waals surface area contributed by atoms with Crippen LogP contribution in [0.4, 0.5) is 0 Å². The summed E-state index contributed by atoms with van der Waals surface area (Å²) in [7, 11) is 0. The molecular formula is C22H34NO2+. The van der Waals surface area contributed by atoms with Crippen LogP contribution in [0, 0.1) is 34.0 Å². The Morgan fingerprint density at radius 3 is 2.80 bits per heavy atom. The van der Waals surface area contributed by atoms with Crippen LogP contribution in [0.3, 0.4) is 0 Å². The van der Waals surface area contributed by atoms with Crippen LogP contribution in [0.1, 0.15) is 58.3 Å². The Labute approximate surface area is 151 Å². The fraction of sp³-hybridized carbons (Fsp3) is 0.864. The summed E-state index contributed by atoms with van der Waals surface area (Å²) in [5, 5.41) is 20.8. The summed E-state index contributed by atoms with van der Waals surface area (Å²) in [6.07, 6.45) is 12.4. The molecule has 0 unspecified atom stereocenters. The topological polar surface area (TPSA) is 43.5 Å². The van der Waals surface area contributed by atoms with Crippen LogP contribution < -0.4 is 0 Å². The number of hydrogen-bond donors (Lipinski definition) is 2. The van der Waals surface area contributed by atoms with Gasteiger partial charge in [-0.15, -0.1) is 0 Å². The minimum atomic E-state index is -0.282. The molecule has 1 spiro atoms. The second kappa shape index (κ2) is 5.19. The predicted octanol–water partition coefficient (Wildman–Crippen LogP) is 3.00. The quantitative estimate of drug-likeness (QED) is 0.597. The molecule has 3 nitrogen and oxygen atoms in total. The zero-order chi connectivity index (χ0) is 17.4. The van der Waals surface area contributed by atoms with Gasteiger partial charge in [-0.3, -0.25) is 0 Å². The van der Waals surface area contributed by atoms with E-state index in [1.165, 1.54) is 51.4 Å². The van der Waals surface area contributed by atoms with Crippen molar-refractivity contribution in [2.24, 2.45) is 34.0 Å². The van der Waals surface area contributed by atoms with Crippen molar-refractivity contribution >= 4 is 6.21 Å². The third-order valence-electron chi connectivity index (χ3n) is 9.36. The van der Waals surface area contributed by atoms with Crippen LogP contribution >= 0.6 is 0 Å². The molecule has 0 aromatic carbocycles. The third kappa shape index (κ3) is 1.92. The molecule has 5 aliphatic carbocycles. The lowest BCUT2D eigenvalue weighted by Gasteiger charge is -2.68. The van der Waals surface area contributed by atoms with E-state index in [0.29, 0.717) is 17.3 Å². The third-order valence-corrected chi connectivity index (χ3v) is 9.36. The second-order valence-electron chi connectivity index (χ2n) is 10.3. The van der Waals surface area contributed by atoms with Crippen LogP contribution in [0.15, 0.2) is 12.2 Å². The molecule has 6 rings (SSSR count). The highest BCUT2D eigenvalue weighted by Gasteiger charge is 2.70. The number of aliphatic hydroxyl groups is 2. The lowest BCUT2D eigenvalue weighted by atomic mass is 9.35. The van der Waals surface area contributed by atoms with Crippen molar-refractivity contribution in [3.8, 4) is 0 Å². The van der Waals surface area contributed by atoms with Crippen molar-refractivity contribution in [1.82, 2.24) is 0 Å². The number of β-amino-alcohol motifs (C(OH)–C–C–N with tert-alkyl or cyclic N) is 1. The van der Waals surface area contributed by atoms with Gasteiger partial charge >= 0.3 is 0 Å². The largest absolute Gasteiger partial charge is 0.390 e. The van der Waals surface area contributed by atoms with Gasteiger partial charge in [-0.05, 0) is 68.3 Å². The maximum atomic E-state index is 11.2. The highest BCUT2D eigenvalue weighted by molar-refractivity contribution is 5.65. The maximum Gasteiger partial charge on any atom is 0.165 e. The van der Waals surface area contributed by atoms with Crippen LogP contribution in [0.2, 0.25) is 0 Å². The first kappa shape index (κ1) is 16.5. The van der Waals surface area contributed by atoms with Gasteiger partial charge in [-0.25, -0.2) is 4.58 Å². The monoisotopic (exact) mass is 344 g/mol. The van der Waals surface area contributed by atoms with Crippen molar-refractivity contribution in [3.05, 3.63) is 12.2 Å². The summed E-state index contributed by atoms with van der Waals surface area (Å²) in [6, 6.07) is 0. The molecule has 0 radical (unpaired) electrons. The van der Waals surface area contributed by atoms with Crippen molar-refractivity contribution in [3.63, 3.8) is 0 Å². The van der Waals surface area contributed by atoms with Gasteiger partial charge in [0.1, 0.15) is 19.4 Å².